The molecule has 2 nitrogen and oxygen atoms in total. The van der Waals surface area contributed by atoms with Crippen LogP contribution in [0.1, 0.15) is 22.3 Å². The Morgan fingerprint density at radius 1 is 0.290 bits per heavy atom. The predicted octanol–water partition coefficient (Wildman–Crippen LogP) is 17.7. The Morgan fingerprint density at radius 2 is 0.696 bits per heavy atom. The second-order valence-electron chi connectivity index (χ2n) is 18.7. The SMILES string of the molecule is c1ccc2c(c1)-c1ccccc1C21c2ccccc2-c2ccc(N(c3ccc(-c4ccc(-n5c6ccccc6c6ccccc65)cc4)cc3)c3cccc4c5ccccc5c5ccccc5c34)cc21. The molecule has 2 aliphatic rings. The molecule has 12 aromatic carbocycles. The van der Waals surface area contributed by atoms with Crippen molar-refractivity contribution in [3.8, 4) is 39.1 Å². The summed E-state index contributed by atoms with van der Waals surface area (Å²) in [6.45, 7) is 0. The Kier molecular flexibility index (Phi) is 8.02. The summed E-state index contributed by atoms with van der Waals surface area (Å²) in [5.74, 6) is 0. The summed E-state index contributed by atoms with van der Waals surface area (Å²) in [7, 11) is 0. The maximum Gasteiger partial charge on any atom is 0.0726 e. The molecule has 0 aliphatic heterocycles. The highest BCUT2D eigenvalue weighted by Crippen LogP contribution is 2.63. The molecule has 0 saturated heterocycles. The molecule has 0 N–H and O–H groups in total. The van der Waals surface area contributed by atoms with Crippen molar-refractivity contribution in [1.29, 1.82) is 0 Å². The molecule has 1 aromatic heterocycles. The average molecular weight is 875 g/mol. The summed E-state index contributed by atoms with van der Waals surface area (Å²) in [5.41, 5.74) is 19.4. The van der Waals surface area contributed by atoms with Crippen LogP contribution in [0.25, 0.3) is 93.2 Å². The van der Waals surface area contributed by atoms with Crippen molar-refractivity contribution in [2.75, 3.05) is 4.90 Å². The molecular formula is C67H42N2. The van der Waals surface area contributed by atoms with Gasteiger partial charge in [-0.1, -0.05) is 200 Å². The van der Waals surface area contributed by atoms with E-state index in [0.717, 1.165) is 22.7 Å². The van der Waals surface area contributed by atoms with Crippen LogP contribution in [0.15, 0.2) is 255 Å². The second-order valence-corrected chi connectivity index (χ2v) is 18.7. The molecule has 0 radical (unpaired) electrons. The van der Waals surface area contributed by atoms with Crippen molar-refractivity contribution < 1.29 is 0 Å². The zero-order chi connectivity index (χ0) is 45.2. The minimum atomic E-state index is -0.461. The van der Waals surface area contributed by atoms with Gasteiger partial charge in [0.2, 0.25) is 0 Å². The fourth-order valence-electron chi connectivity index (χ4n) is 12.6. The van der Waals surface area contributed by atoms with Gasteiger partial charge in [-0.05, 0) is 137 Å². The third-order valence-corrected chi connectivity index (χ3v) is 15.4. The Bertz CT molecular complexity index is 4090. The third-order valence-electron chi connectivity index (χ3n) is 15.4. The van der Waals surface area contributed by atoms with Gasteiger partial charge in [0.15, 0.2) is 0 Å². The van der Waals surface area contributed by atoms with Crippen LogP contribution in [0.2, 0.25) is 0 Å². The quantitative estimate of drug-likeness (QED) is 0.156. The number of nitrogens with zero attached hydrogens (tertiary/aromatic N) is 2. The highest BCUT2D eigenvalue weighted by Gasteiger charge is 2.51. The van der Waals surface area contributed by atoms with Crippen molar-refractivity contribution in [1.82, 2.24) is 4.57 Å². The standard InChI is InChI=1S/C67H42N2/c1-2-17-50-48(16-1)49-18-3-4-24-57(49)66-58(50)25-15-31-65(66)68(45-36-32-43(33-37-45)44-34-38-46(39-35-44)69-63-29-13-8-22-55(63)56-23-9-14-30-64(56)69)47-40-41-54-53-21-7-12-28-61(53)67(62(54)42-47)59-26-10-5-19-51(59)52-20-6-11-27-60(52)67/h1-42H. The number of fused-ring (bicyclic) bond motifs is 19. The molecule has 0 unspecified atom stereocenters. The van der Waals surface area contributed by atoms with E-state index in [-0.39, 0.29) is 0 Å². The fourth-order valence-corrected chi connectivity index (χ4v) is 12.6. The lowest BCUT2D eigenvalue weighted by molar-refractivity contribution is 0.793. The van der Waals surface area contributed by atoms with Crippen molar-refractivity contribution in [3.63, 3.8) is 0 Å². The lowest BCUT2D eigenvalue weighted by Crippen LogP contribution is -2.26. The van der Waals surface area contributed by atoms with E-state index in [1.165, 1.54) is 110 Å². The Labute approximate surface area is 400 Å². The average Bonchev–Trinajstić information content (AvgIpc) is 4.03. The molecule has 1 spiro atoms. The van der Waals surface area contributed by atoms with Crippen LogP contribution in [-0.4, -0.2) is 4.57 Å². The number of benzene rings is 12. The molecule has 1 heterocycles. The maximum absolute atomic E-state index is 2.52. The minimum absolute atomic E-state index is 0.461. The van der Waals surface area contributed by atoms with Crippen LogP contribution in [0.5, 0.6) is 0 Å². The van der Waals surface area contributed by atoms with Crippen molar-refractivity contribution >= 4 is 71.2 Å². The fraction of sp³-hybridized carbons (Fsp3) is 0.0149. The van der Waals surface area contributed by atoms with Gasteiger partial charge in [0.25, 0.3) is 0 Å². The highest BCUT2D eigenvalue weighted by molar-refractivity contribution is 6.28. The zero-order valence-corrected chi connectivity index (χ0v) is 37.6. The van der Waals surface area contributed by atoms with E-state index in [1.807, 2.05) is 0 Å². The van der Waals surface area contributed by atoms with E-state index in [9.17, 15) is 0 Å². The number of hydrogen-bond acceptors (Lipinski definition) is 1. The second kappa shape index (κ2) is 14.5. The lowest BCUT2D eigenvalue weighted by Gasteiger charge is -2.32. The van der Waals surface area contributed by atoms with Crippen molar-refractivity contribution in [3.05, 3.63) is 277 Å². The number of rotatable bonds is 5. The summed E-state index contributed by atoms with van der Waals surface area (Å²) in [4.78, 5) is 2.52. The van der Waals surface area contributed by atoms with Crippen LogP contribution in [0, 0.1) is 0 Å². The number of para-hydroxylation sites is 2. The summed E-state index contributed by atoms with van der Waals surface area (Å²) in [6, 6.07) is 94.9. The first-order valence-electron chi connectivity index (χ1n) is 24.0. The van der Waals surface area contributed by atoms with Gasteiger partial charge in [-0.2, -0.15) is 0 Å². The van der Waals surface area contributed by atoms with E-state index in [4.69, 9.17) is 0 Å². The van der Waals surface area contributed by atoms with E-state index in [0.29, 0.717) is 0 Å². The summed E-state index contributed by atoms with van der Waals surface area (Å²) < 4.78 is 2.38. The third kappa shape index (κ3) is 5.26. The van der Waals surface area contributed by atoms with Crippen LogP contribution >= 0.6 is 0 Å². The zero-order valence-electron chi connectivity index (χ0n) is 37.6. The van der Waals surface area contributed by atoms with Crippen LogP contribution in [0.4, 0.5) is 17.1 Å². The van der Waals surface area contributed by atoms with E-state index >= 15 is 0 Å². The Hall–Kier alpha value is -8.98. The molecular weight excluding hydrogens is 833 g/mol. The van der Waals surface area contributed by atoms with Gasteiger partial charge < -0.3 is 9.47 Å². The molecule has 13 aromatic rings. The number of anilines is 3. The molecule has 0 saturated carbocycles. The van der Waals surface area contributed by atoms with Gasteiger partial charge in [0, 0.05) is 33.2 Å². The van der Waals surface area contributed by atoms with Gasteiger partial charge in [0.05, 0.1) is 22.1 Å². The lowest BCUT2D eigenvalue weighted by atomic mass is 9.70. The van der Waals surface area contributed by atoms with E-state index in [2.05, 4.69) is 264 Å². The highest BCUT2D eigenvalue weighted by atomic mass is 15.1. The molecule has 0 atom stereocenters. The first-order chi connectivity index (χ1) is 34.3. The molecule has 0 bridgehead atoms. The molecule has 0 amide bonds. The Morgan fingerprint density at radius 3 is 1.25 bits per heavy atom. The molecule has 15 rings (SSSR count). The molecule has 2 heteroatoms. The normalized spacial score (nSPS) is 13.0. The van der Waals surface area contributed by atoms with Gasteiger partial charge in [-0.3, -0.25) is 0 Å². The largest absolute Gasteiger partial charge is 0.310 e. The van der Waals surface area contributed by atoms with Crippen LogP contribution in [0.3, 0.4) is 0 Å². The molecule has 2 aliphatic carbocycles. The Balaban J connectivity index is 0.936. The minimum Gasteiger partial charge on any atom is -0.310 e. The van der Waals surface area contributed by atoms with Crippen molar-refractivity contribution in [2.45, 2.75) is 5.41 Å². The topological polar surface area (TPSA) is 8.17 Å². The van der Waals surface area contributed by atoms with Crippen molar-refractivity contribution in [2.24, 2.45) is 0 Å². The van der Waals surface area contributed by atoms with Gasteiger partial charge in [0.1, 0.15) is 0 Å². The number of aromatic nitrogens is 1. The molecule has 69 heavy (non-hydrogen) atoms. The van der Waals surface area contributed by atoms with E-state index < -0.39 is 5.41 Å². The summed E-state index contributed by atoms with van der Waals surface area (Å²) in [5, 5.41) is 10.1. The van der Waals surface area contributed by atoms with Gasteiger partial charge in [-0.15, -0.1) is 0 Å². The predicted molar refractivity (Wildman–Crippen MR) is 290 cm³/mol. The van der Waals surface area contributed by atoms with Crippen LogP contribution in [-0.2, 0) is 5.41 Å². The van der Waals surface area contributed by atoms with Crippen LogP contribution < -0.4 is 4.90 Å². The first kappa shape index (κ1) is 38.2. The summed E-state index contributed by atoms with van der Waals surface area (Å²) in [6.07, 6.45) is 0. The van der Waals surface area contributed by atoms with Gasteiger partial charge >= 0.3 is 0 Å². The first-order valence-corrected chi connectivity index (χ1v) is 24.0. The summed E-state index contributed by atoms with van der Waals surface area (Å²) >= 11 is 0. The van der Waals surface area contributed by atoms with Gasteiger partial charge in [-0.25, -0.2) is 0 Å². The maximum atomic E-state index is 2.52. The van der Waals surface area contributed by atoms with E-state index in [1.54, 1.807) is 0 Å². The smallest absolute Gasteiger partial charge is 0.0726 e. The molecule has 320 valence electrons. The monoisotopic (exact) mass is 874 g/mol. The number of hydrogen-bond donors (Lipinski definition) is 0. The molecule has 0 fully saturated rings.